The first-order valence-corrected chi connectivity index (χ1v) is 7.17. The van der Waals surface area contributed by atoms with Crippen molar-refractivity contribution in [1.82, 2.24) is 4.90 Å². The number of halogens is 1. The molecule has 110 valence electrons. The Balaban J connectivity index is 1.96. The molecule has 1 aliphatic rings. The summed E-state index contributed by atoms with van der Waals surface area (Å²) in [6, 6.07) is 5.06. The number of hydrogen-bond acceptors (Lipinski definition) is 4. The summed E-state index contributed by atoms with van der Waals surface area (Å²) in [5.74, 6) is -0.141. The van der Waals surface area contributed by atoms with Gasteiger partial charge >= 0.3 is 0 Å². The Kier molecular flexibility index (Phi) is 5.23. The van der Waals surface area contributed by atoms with Crippen molar-refractivity contribution in [1.29, 1.82) is 0 Å². The van der Waals surface area contributed by atoms with Gasteiger partial charge in [-0.25, -0.2) is 0 Å². The molecule has 0 aromatic heterocycles. The van der Waals surface area contributed by atoms with Gasteiger partial charge in [0.05, 0.1) is 23.9 Å². The molecule has 0 saturated carbocycles. The third-order valence-corrected chi connectivity index (χ3v) is 3.90. The summed E-state index contributed by atoms with van der Waals surface area (Å²) < 4.78 is 0. The number of carbonyl (C=O) groups is 1. The number of anilines is 2. The summed E-state index contributed by atoms with van der Waals surface area (Å²) in [6.07, 6.45) is 3.09. The van der Waals surface area contributed by atoms with E-state index in [0.717, 1.165) is 25.8 Å². The van der Waals surface area contributed by atoms with Crippen molar-refractivity contribution in [2.45, 2.75) is 25.3 Å². The molecule has 1 atom stereocenters. The van der Waals surface area contributed by atoms with Gasteiger partial charge in [-0.1, -0.05) is 18.0 Å². The normalized spacial score (nSPS) is 19.8. The quantitative estimate of drug-likeness (QED) is 0.739. The van der Waals surface area contributed by atoms with Crippen LogP contribution in [0.3, 0.4) is 0 Å². The maximum Gasteiger partial charge on any atom is 0.238 e. The molecule has 20 heavy (non-hydrogen) atoms. The smallest absolute Gasteiger partial charge is 0.238 e. The lowest BCUT2D eigenvalue weighted by atomic mass is 10.0. The van der Waals surface area contributed by atoms with Gasteiger partial charge in [0, 0.05) is 11.7 Å². The van der Waals surface area contributed by atoms with E-state index in [4.69, 9.17) is 17.3 Å². The second kappa shape index (κ2) is 6.92. The molecule has 1 heterocycles. The van der Waals surface area contributed by atoms with E-state index in [1.54, 1.807) is 18.2 Å². The second-order valence-corrected chi connectivity index (χ2v) is 5.50. The zero-order valence-corrected chi connectivity index (χ0v) is 12.1. The number of likely N-dealkylation sites (tertiary alicyclic amines) is 1. The van der Waals surface area contributed by atoms with Crippen LogP contribution in [0.2, 0.25) is 5.02 Å². The van der Waals surface area contributed by atoms with Crippen molar-refractivity contribution < 1.29 is 9.90 Å². The first-order valence-electron chi connectivity index (χ1n) is 6.80. The Bertz CT molecular complexity index is 481. The summed E-state index contributed by atoms with van der Waals surface area (Å²) in [5.41, 5.74) is 6.75. The number of benzene rings is 1. The number of hydrogen-bond donors (Lipinski definition) is 3. The highest BCUT2D eigenvalue weighted by Gasteiger charge is 2.23. The van der Waals surface area contributed by atoms with Crippen molar-refractivity contribution in [3.63, 3.8) is 0 Å². The second-order valence-electron chi connectivity index (χ2n) is 5.09. The minimum absolute atomic E-state index is 0.0748. The molecule has 4 N–H and O–H groups in total. The van der Waals surface area contributed by atoms with Crippen molar-refractivity contribution in [3.8, 4) is 0 Å². The molecular formula is C14H20ClN3O2. The molecule has 1 aromatic rings. The highest BCUT2D eigenvalue weighted by atomic mass is 35.5. The Morgan fingerprint density at radius 1 is 1.50 bits per heavy atom. The summed E-state index contributed by atoms with van der Waals surface area (Å²) in [6.45, 7) is 1.19. The van der Waals surface area contributed by atoms with Gasteiger partial charge in [0.1, 0.15) is 0 Å². The molecule has 0 bridgehead atoms. The molecule has 2 rings (SSSR count). The number of nitrogens with zero attached hydrogens (tertiary/aromatic N) is 1. The van der Waals surface area contributed by atoms with Crippen LogP contribution in [0, 0.1) is 0 Å². The van der Waals surface area contributed by atoms with Gasteiger partial charge in [-0.05, 0) is 37.6 Å². The number of nitrogen functional groups attached to an aromatic ring is 1. The van der Waals surface area contributed by atoms with Gasteiger partial charge in [0.25, 0.3) is 0 Å². The molecule has 0 aliphatic carbocycles. The average Bonchev–Trinajstić information content (AvgIpc) is 2.43. The van der Waals surface area contributed by atoms with Crippen molar-refractivity contribution in [3.05, 3.63) is 23.2 Å². The fourth-order valence-electron chi connectivity index (χ4n) is 2.49. The van der Waals surface area contributed by atoms with Crippen LogP contribution in [0.5, 0.6) is 0 Å². The molecule has 1 aromatic carbocycles. The van der Waals surface area contributed by atoms with Gasteiger partial charge in [0.15, 0.2) is 0 Å². The number of aliphatic hydroxyl groups is 1. The Hall–Kier alpha value is -1.30. The maximum atomic E-state index is 12.1. The Labute approximate surface area is 123 Å². The van der Waals surface area contributed by atoms with Crippen LogP contribution in [0.4, 0.5) is 11.4 Å². The van der Waals surface area contributed by atoms with E-state index >= 15 is 0 Å². The number of aliphatic hydroxyl groups excluding tert-OH is 1. The molecule has 0 spiro atoms. The first-order chi connectivity index (χ1) is 9.60. The molecule has 1 amide bonds. The molecule has 1 fully saturated rings. The van der Waals surface area contributed by atoms with Gasteiger partial charge < -0.3 is 16.2 Å². The Morgan fingerprint density at radius 2 is 2.30 bits per heavy atom. The molecule has 5 nitrogen and oxygen atoms in total. The highest BCUT2D eigenvalue weighted by Crippen LogP contribution is 2.24. The van der Waals surface area contributed by atoms with Gasteiger partial charge in [-0.3, -0.25) is 9.69 Å². The topological polar surface area (TPSA) is 78.6 Å². The van der Waals surface area contributed by atoms with E-state index in [-0.39, 0.29) is 25.1 Å². The minimum atomic E-state index is -0.141. The fourth-order valence-corrected chi connectivity index (χ4v) is 2.65. The predicted molar refractivity (Wildman–Crippen MR) is 80.8 cm³/mol. The average molecular weight is 298 g/mol. The van der Waals surface area contributed by atoms with Crippen molar-refractivity contribution in [2.75, 3.05) is 30.7 Å². The summed E-state index contributed by atoms with van der Waals surface area (Å²) >= 11 is 6.02. The van der Waals surface area contributed by atoms with E-state index in [1.807, 2.05) is 4.90 Å². The number of nitrogens with two attached hydrogens (primary N) is 1. The van der Waals surface area contributed by atoms with E-state index in [0.29, 0.717) is 16.4 Å². The lowest BCUT2D eigenvalue weighted by Gasteiger charge is -2.33. The monoisotopic (exact) mass is 297 g/mol. The largest absolute Gasteiger partial charge is 0.399 e. The first kappa shape index (κ1) is 15.1. The fraction of sp³-hybridized carbons (Fsp3) is 0.500. The molecule has 0 radical (unpaired) electrons. The molecule has 1 aliphatic heterocycles. The van der Waals surface area contributed by atoms with Gasteiger partial charge in [-0.15, -0.1) is 0 Å². The van der Waals surface area contributed by atoms with Gasteiger partial charge in [0.2, 0.25) is 5.91 Å². The van der Waals surface area contributed by atoms with Crippen molar-refractivity contribution >= 4 is 28.9 Å². The molecule has 1 saturated heterocycles. The molecule has 1 unspecified atom stereocenters. The van der Waals surface area contributed by atoms with E-state index in [9.17, 15) is 9.90 Å². The number of rotatable bonds is 4. The van der Waals surface area contributed by atoms with Crippen LogP contribution in [0.25, 0.3) is 0 Å². The summed E-state index contributed by atoms with van der Waals surface area (Å²) in [4.78, 5) is 14.1. The standard InChI is InChI=1S/C14H20ClN3O2/c15-12-5-4-10(16)7-13(12)17-14(20)8-18-6-2-1-3-11(18)9-19/h4-5,7,11,19H,1-3,6,8-9,16H2,(H,17,20). The highest BCUT2D eigenvalue weighted by molar-refractivity contribution is 6.33. The summed E-state index contributed by atoms with van der Waals surface area (Å²) in [5, 5.41) is 12.6. The zero-order chi connectivity index (χ0) is 14.5. The van der Waals surface area contributed by atoms with E-state index < -0.39 is 0 Å². The third kappa shape index (κ3) is 3.85. The van der Waals surface area contributed by atoms with E-state index in [2.05, 4.69) is 5.32 Å². The zero-order valence-electron chi connectivity index (χ0n) is 11.3. The Morgan fingerprint density at radius 3 is 3.05 bits per heavy atom. The van der Waals surface area contributed by atoms with Crippen molar-refractivity contribution in [2.24, 2.45) is 0 Å². The lowest BCUT2D eigenvalue weighted by Crippen LogP contribution is -2.45. The van der Waals surface area contributed by atoms with Gasteiger partial charge in [-0.2, -0.15) is 0 Å². The number of amides is 1. The van der Waals surface area contributed by atoms with E-state index in [1.165, 1.54) is 0 Å². The summed E-state index contributed by atoms with van der Waals surface area (Å²) in [7, 11) is 0. The lowest BCUT2D eigenvalue weighted by molar-refractivity contribution is -0.118. The van der Waals surface area contributed by atoms with Crippen LogP contribution in [0.15, 0.2) is 18.2 Å². The van der Waals surface area contributed by atoms with Crippen LogP contribution in [-0.4, -0.2) is 41.7 Å². The van der Waals surface area contributed by atoms with Crippen LogP contribution in [0.1, 0.15) is 19.3 Å². The van der Waals surface area contributed by atoms with Crippen LogP contribution in [-0.2, 0) is 4.79 Å². The van der Waals surface area contributed by atoms with Crippen LogP contribution >= 0.6 is 11.6 Å². The van der Waals surface area contributed by atoms with Crippen LogP contribution < -0.4 is 11.1 Å². The third-order valence-electron chi connectivity index (χ3n) is 3.57. The number of nitrogens with one attached hydrogen (secondary N) is 1. The number of carbonyl (C=O) groups excluding carboxylic acids is 1. The SMILES string of the molecule is Nc1ccc(Cl)c(NC(=O)CN2CCCCC2CO)c1. The predicted octanol–water partition coefficient (Wildman–Crippen LogP) is 1.71. The minimum Gasteiger partial charge on any atom is -0.399 e. The molecule has 6 heteroatoms. The maximum absolute atomic E-state index is 12.1. The molecular weight excluding hydrogens is 278 g/mol. The number of piperidine rings is 1.